The van der Waals surface area contributed by atoms with Crippen LogP contribution >= 0.6 is 0 Å². The van der Waals surface area contributed by atoms with Gasteiger partial charge in [-0.05, 0) is 129 Å². The van der Waals surface area contributed by atoms with E-state index in [0.29, 0.717) is 33.0 Å². The molecule has 9 unspecified atom stereocenters. The second kappa shape index (κ2) is 7.13. The smallest absolute Gasteiger partial charge is 0.311 e. The van der Waals surface area contributed by atoms with Crippen LogP contribution in [0.3, 0.4) is 0 Å². The van der Waals surface area contributed by atoms with Gasteiger partial charge in [0.2, 0.25) is 0 Å². The molecule has 0 spiro atoms. The van der Waals surface area contributed by atoms with Gasteiger partial charge in [0.15, 0.2) is 0 Å². The van der Waals surface area contributed by atoms with E-state index in [0.717, 1.165) is 24.7 Å². The Morgan fingerprint density at radius 3 is 2.15 bits per heavy atom. The Balaban J connectivity index is 1.54. The zero-order valence-electron chi connectivity index (χ0n) is 22.9. The molecule has 0 bridgehead atoms. The van der Waals surface area contributed by atoms with E-state index >= 15 is 0 Å². The van der Waals surface area contributed by atoms with Crippen LogP contribution in [-0.2, 0) is 9.53 Å². The summed E-state index contributed by atoms with van der Waals surface area (Å²) < 4.78 is 5.34. The minimum atomic E-state index is -0.308. The third-order valence-corrected chi connectivity index (χ3v) is 13.8. The van der Waals surface area contributed by atoms with Gasteiger partial charge in [-0.25, -0.2) is 0 Å². The Bertz CT molecular complexity index is 874. The molecule has 2 nitrogen and oxygen atoms in total. The molecular formula is C31H50O2. The Morgan fingerprint density at radius 2 is 1.45 bits per heavy atom. The van der Waals surface area contributed by atoms with Gasteiger partial charge in [0.25, 0.3) is 0 Å². The first-order valence-corrected chi connectivity index (χ1v) is 14.0. The SMILES string of the molecule is COC(=O)C1(C)CCC2(C)CCC3(C)C4CCC5(C)C(C)=CCCC5C4(C)CCC3(C)C2C1. The molecule has 0 amide bonds. The van der Waals surface area contributed by atoms with E-state index in [-0.39, 0.29) is 11.4 Å². The fourth-order valence-corrected chi connectivity index (χ4v) is 11.2. The lowest BCUT2D eigenvalue weighted by Crippen LogP contribution is -2.67. The Hall–Kier alpha value is -0.790. The third-order valence-electron chi connectivity index (χ3n) is 13.8. The van der Waals surface area contributed by atoms with E-state index in [2.05, 4.69) is 54.5 Å². The van der Waals surface area contributed by atoms with Crippen molar-refractivity contribution in [3.05, 3.63) is 11.6 Å². The zero-order valence-corrected chi connectivity index (χ0v) is 22.9. The molecule has 0 aromatic carbocycles. The normalized spacial score (nSPS) is 55.9. The molecule has 2 heteroatoms. The summed E-state index contributed by atoms with van der Waals surface area (Å²) in [6, 6.07) is 0. The molecule has 0 N–H and O–H groups in total. The van der Waals surface area contributed by atoms with Gasteiger partial charge in [-0.2, -0.15) is 0 Å². The molecule has 5 rings (SSSR count). The number of fused-ring (bicyclic) bond motifs is 7. The lowest BCUT2D eigenvalue weighted by atomic mass is 9.30. The van der Waals surface area contributed by atoms with Gasteiger partial charge < -0.3 is 4.74 Å². The molecule has 33 heavy (non-hydrogen) atoms. The van der Waals surface area contributed by atoms with Crippen molar-refractivity contribution in [1.82, 2.24) is 0 Å². The summed E-state index contributed by atoms with van der Waals surface area (Å²) in [5.74, 6) is 2.28. The van der Waals surface area contributed by atoms with Crippen molar-refractivity contribution in [2.24, 2.45) is 50.2 Å². The number of methoxy groups -OCH3 is 1. The fourth-order valence-electron chi connectivity index (χ4n) is 11.2. The van der Waals surface area contributed by atoms with Crippen molar-refractivity contribution >= 4 is 5.97 Å². The number of carbonyl (C=O) groups is 1. The number of esters is 1. The molecule has 0 radical (unpaired) electrons. The van der Waals surface area contributed by atoms with Gasteiger partial charge in [-0.15, -0.1) is 0 Å². The Kier molecular flexibility index (Phi) is 5.17. The first-order valence-electron chi connectivity index (χ1n) is 14.0. The van der Waals surface area contributed by atoms with Gasteiger partial charge >= 0.3 is 5.97 Å². The van der Waals surface area contributed by atoms with Gasteiger partial charge in [0.05, 0.1) is 12.5 Å². The summed E-state index contributed by atoms with van der Waals surface area (Å²) in [6.45, 7) is 17.9. The minimum Gasteiger partial charge on any atom is -0.469 e. The van der Waals surface area contributed by atoms with Crippen LogP contribution < -0.4 is 0 Å². The van der Waals surface area contributed by atoms with Gasteiger partial charge in [0.1, 0.15) is 0 Å². The van der Waals surface area contributed by atoms with E-state index in [1.54, 1.807) is 12.7 Å². The lowest BCUT2D eigenvalue weighted by Gasteiger charge is -2.74. The highest BCUT2D eigenvalue weighted by Gasteiger charge is 2.70. The molecule has 0 saturated heterocycles. The molecule has 9 atom stereocenters. The topological polar surface area (TPSA) is 26.3 Å². The van der Waals surface area contributed by atoms with Crippen LogP contribution in [0.5, 0.6) is 0 Å². The van der Waals surface area contributed by atoms with Crippen molar-refractivity contribution in [2.45, 2.75) is 119 Å². The minimum absolute atomic E-state index is 0.0268. The third kappa shape index (κ3) is 2.88. The van der Waals surface area contributed by atoms with Crippen LogP contribution in [0.2, 0.25) is 0 Å². The quantitative estimate of drug-likeness (QED) is 0.294. The second-order valence-electron chi connectivity index (χ2n) is 14.8. The van der Waals surface area contributed by atoms with Crippen LogP contribution in [-0.4, -0.2) is 13.1 Å². The molecule has 0 aromatic heterocycles. The summed E-state index contributed by atoms with van der Waals surface area (Å²) in [4.78, 5) is 12.9. The van der Waals surface area contributed by atoms with Crippen molar-refractivity contribution in [1.29, 1.82) is 0 Å². The van der Waals surface area contributed by atoms with Crippen LogP contribution in [0.1, 0.15) is 119 Å². The molecule has 186 valence electrons. The first-order chi connectivity index (χ1) is 15.3. The highest BCUT2D eigenvalue weighted by Crippen LogP contribution is 2.78. The fraction of sp³-hybridized carbons (Fsp3) is 0.903. The second-order valence-corrected chi connectivity index (χ2v) is 14.8. The number of hydrogen-bond acceptors (Lipinski definition) is 2. The molecule has 4 saturated carbocycles. The number of ether oxygens (including phenoxy) is 1. The summed E-state index contributed by atoms with van der Waals surface area (Å²) in [6.07, 6.45) is 16.6. The molecule has 0 aliphatic heterocycles. The summed E-state index contributed by atoms with van der Waals surface area (Å²) in [7, 11) is 1.58. The monoisotopic (exact) mass is 454 g/mol. The van der Waals surface area contributed by atoms with Crippen LogP contribution in [0.25, 0.3) is 0 Å². The molecule has 4 fully saturated rings. The first kappa shape index (κ1) is 23.9. The summed E-state index contributed by atoms with van der Waals surface area (Å²) in [5.41, 5.74) is 3.28. The predicted octanol–water partition coefficient (Wildman–Crippen LogP) is 8.35. The van der Waals surface area contributed by atoms with Crippen LogP contribution in [0, 0.1) is 50.2 Å². The molecular weight excluding hydrogens is 404 g/mol. The van der Waals surface area contributed by atoms with Crippen LogP contribution in [0.4, 0.5) is 0 Å². The molecule has 0 heterocycles. The standard InChI is InChI=1S/C31H50O2/c1-21-10-9-11-22-28(21,4)13-12-23-29(22,5)17-19-31(7)24-20-27(3,25(32)33-8)15-14-26(24,2)16-18-30(23,31)6/h10,22-24H,9,11-20H2,1-8H3. The summed E-state index contributed by atoms with van der Waals surface area (Å²) >= 11 is 0. The van der Waals surface area contributed by atoms with Gasteiger partial charge in [-0.3, -0.25) is 4.79 Å². The number of allylic oxidation sites excluding steroid dienone is 2. The number of rotatable bonds is 1. The molecule has 5 aliphatic rings. The van der Waals surface area contributed by atoms with E-state index in [1.165, 1.54) is 57.8 Å². The maximum absolute atomic E-state index is 12.9. The molecule has 0 aromatic rings. The maximum Gasteiger partial charge on any atom is 0.311 e. The van der Waals surface area contributed by atoms with E-state index in [4.69, 9.17) is 4.74 Å². The van der Waals surface area contributed by atoms with Crippen molar-refractivity contribution < 1.29 is 9.53 Å². The lowest BCUT2D eigenvalue weighted by molar-refractivity contribution is -0.249. The van der Waals surface area contributed by atoms with E-state index < -0.39 is 0 Å². The maximum atomic E-state index is 12.9. The van der Waals surface area contributed by atoms with Gasteiger partial charge in [0, 0.05) is 0 Å². The highest BCUT2D eigenvalue weighted by atomic mass is 16.5. The average molecular weight is 455 g/mol. The highest BCUT2D eigenvalue weighted by molar-refractivity contribution is 5.76. The van der Waals surface area contributed by atoms with Crippen molar-refractivity contribution in [3.8, 4) is 0 Å². The number of carbonyl (C=O) groups excluding carboxylic acids is 1. The molecule has 5 aliphatic carbocycles. The number of hydrogen-bond donors (Lipinski definition) is 0. The largest absolute Gasteiger partial charge is 0.469 e. The Labute approximate surface area is 203 Å². The van der Waals surface area contributed by atoms with Gasteiger partial charge in [-0.1, -0.05) is 46.3 Å². The van der Waals surface area contributed by atoms with Crippen LogP contribution in [0.15, 0.2) is 11.6 Å². The van der Waals surface area contributed by atoms with E-state index in [9.17, 15) is 4.79 Å². The Morgan fingerprint density at radius 1 is 0.818 bits per heavy atom. The van der Waals surface area contributed by atoms with Crippen molar-refractivity contribution in [3.63, 3.8) is 0 Å². The van der Waals surface area contributed by atoms with E-state index in [1.807, 2.05) is 0 Å². The van der Waals surface area contributed by atoms with Crippen molar-refractivity contribution in [2.75, 3.05) is 7.11 Å². The predicted molar refractivity (Wildman–Crippen MR) is 136 cm³/mol. The summed E-state index contributed by atoms with van der Waals surface area (Å²) in [5, 5.41) is 0. The average Bonchev–Trinajstić information content (AvgIpc) is 2.77. The zero-order chi connectivity index (χ0) is 24.1.